The Bertz CT molecular complexity index is 1130. The molecule has 33 heavy (non-hydrogen) atoms. The Morgan fingerprint density at radius 3 is 2.21 bits per heavy atom. The number of Topliss-reactive ketones (excluding diaryl/α,β-unsaturated/α-hetero) is 1. The SMILES string of the molecule is C[C@@H](N[C@]1(C(=O)c2ccc(OCc3ccccc3)cc2)COC(=O)C(=O)O1)c1ccccc1. The van der Waals surface area contributed by atoms with E-state index in [1.54, 1.807) is 24.3 Å². The second-order valence-corrected chi connectivity index (χ2v) is 7.70. The topological polar surface area (TPSA) is 90.9 Å². The lowest BCUT2D eigenvalue weighted by molar-refractivity contribution is -0.196. The molecule has 0 amide bonds. The van der Waals surface area contributed by atoms with Crippen molar-refractivity contribution in [3.8, 4) is 5.75 Å². The van der Waals surface area contributed by atoms with Gasteiger partial charge in [-0.25, -0.2) is 9.59 Å². The second kappa shape index (κ2) is 9.67. The van der Waals surface area contributed by atoms with Gasteiger partial charge in [-0.05, 0) is 42.3 Å². The highest BCUT2D eigenvalue weighted by molar-refractivity contribution is 6.31. The molecule has 0 spiro atoms. The maximum absolute atomic E-state index is 13.5. The minimum Gasteiger partial charge on any atom is -0.489 e. The smallest absolute Gasteiger partial charge is 0.419 e. The highest BCUT2D eigenvalue weighted by Crippen LogP contribution is 2.26. The molecular formula is C26H23NO6. The van der Waals surface area contributed by atoms with Crippen molar-refractivity contribution in [3.63, 3.8) is 0 Å². The van der Waals surface area contributed by atoms with Gasteiger partial charge in [-0.15, -0.1) is 0 Å². The zero-order chi connectivity index (χ0) is 23.3. The summed E-state index contributed by atoms with van der Waals surface area (Å²) in [6, 6.07) is 25.2. The molecule has 1 saturated heterocycles. The molecule has 7 heteroatoms. The van der Waals surface area contributed by atoms with E-state index in [1.807, 2.05) is 67.6 Å². The second-order valence-electron chi connectivity index (χ2n) is 7.70. The van der Waals surface area contributed by atoms with Gasteiger partial charge in [0.2, 0.25) is 5.78 Å². The fourth-order valence-electron chi connectivity index (χ4n) is 3.56. The fraction of sp³-hybridized carbons (Fsp3) is 0.192. The molecule has 2 atom stereocenters. The Morgan fingerprint density at radius 1 is 0.939 bits per heavy atom. The molecule has 0 saturated carbocycles. The van der Waals surface area contributed by atoms with Gasteiger partial charge in [-0.1, -0.05) is 60.7 Å². The third-order valence-corrected chi connectivity index (χ3v) is 5.32. The average Bonchev–Trinajstić information content (AvgIpc) is 2.86. The lowest BCUT2D eigenvalue weighted by Gasteiger charge is -2.37. The van der Waals surface area contributed by atoms with Crippen molar-refractivity contribution in [1.29, 1.82) is 0 Å². The first-order chi connectivity index (χ1) is 16.0. The Hall–Kier alpha value is -3.97. The number of rotatable bonds is 8. The third-order valence-electron chi connectivity index (χ3n) is 5.32. The van der Waals surface area contributed by atoms with Gasteiger partial charge in [-0.3, -0.25) is 10.1 Å². The molecule has 0 bridgehead atoms. The zero-order valence-electron chi connectivity index (χ0n) is 18.0. The van der Waals surface area contributed by atoms with Crippen LogP contribution < -0.4 is 10.1 Å². The summed E-state index contributed by atoms with van der Waals surface area (Å²) in [6.07, 6.45) is 0. The Labute approximate surface area is 191 Å². The van der Waals surface area contributed by atoms with Gasteiger partial charge in [-0.2, -0.15) is 0 Å². The fourth-order valence-corrected chi connectivity index (χ4v) is 3.56. The lowest BCUT2D eigenvalue weighted by atomic mass is 9.97. The summed E-state index contributed by atoms with van der Waals surface area (Å²) in [6.45, 7) is 1.79. The molecule has 1 aliphatic heterocycles. The molecule has 1 N–H and O–H groups in total. The highest BCUT2D eigenvalue weighted by Gasteiger charge is 2.50. The van der Waals surface area contributed by atoms with Gasteiger partial charge >= 0.3 is 11.9 Å². The molecule has 168 valence electrons. The van der Waals surface area contributed by atoms with Crippen molar-refractivity contribution in [2.45, 2.75) is 25.3 Å². The number of ether oxygens (including phenoxy) is 3. The van der Waals surface area contributed by atoms with Gasteiger partial charge in [0.05, 0.1) is 0 Å². The largest absolute Gasteiger partial charge is 0.489 e. The van der Waals surface area contributed by atoms with Gasteiger partial charge in [0, 0.05) is 11.6 Å². The quantitative estimate of drug-likeness (QED) is 0.322. The van der Waals surface area contributed by atoms with E-state index < -0.39 is 30.1 Å². The molecule has 0 aromatic heterocycles. The number of carbonyl (C=O) groups excluding carboxylic acids is 3. The third kappa shape index (κ3) is 5.10. The number of esters is 2. The summed E-state index contributed by atoms with van der Waals surface area (Å²) in [5.74, 6) is -2.29. The molecular weight excluding hydrogens is 422 g/mol. The van der Waals surface area contributed by atoms with Crippen molar-refractivity contribution in [1.82, 2.24) is 5.32 Å². The normalized spacial score (nSPS) is 18.7. The molecule has 1 aliphatic rings. The van der Waals surface area contributed by atoms with Crippen molar-refractivity contribution in [2.24, 2.45) is 0 Å². The summed E-state index contributed by atoms with van der Waals surface area (Å²) in [4.78, 5) is 37.1. The Morgan fingerprint density at radius 2 is 1.58 bits per heavy atom. The van der Waals surface area contributed by atoms with E-state index in [0.717, 1.165) is 11.1 Å². The summed E-state index contributed by atoms with van der Waals surface area (Å²) in [5.41, 5.74) is 0.335. The Balaban J connectivity index is 1.53. The Kier molecular flexibility index (Phi) is 6.51. The number of hydrogen-bond donors (Lipinski definition) is 1. The molecule has 1 fully saturated rings. The van der Waals surface area contributed by atoms with Gasteiger partial charge in [0.25, 0.3) is 5.72 Å². The van der Waals surface area contributed by atoms with Crippen LogP contribution in [0.3, 0.4) is 0 Å². The van der Waals surface area contributed by atoms with Crippen LogP contribution in [0.5, 0.6) is 5.75 Å². The van der Waals surface area contributed by atoms with Crippen LogP contribution in [0.4, 0.5) is 0 Å². The van der Waals surface area contributed by atoms with Gasteiger partial charge in [0.1, 0.15) is 12.4 Å². The molecule has 0 unspecified atom stereocenters. The van der Waals surface area contributed by atoms with E-state index in [0.29, 0.717) is 12.4 Å². The van der Waals surface area contributed by atoms with Crippen molar-refractivity contribution in [3.05, 3.63) is 102 Å². The van der Waals surface area contributed by atoms with Crippen LogP contribution in [0.1, 0.15) is 34.5 Å². The number of carbonyl (C=O) groups is 3. The maximum atomic E-state index is 13.5. The van der Waals surface area contributed by atoms with Crippen LogP contribution in [0.2, 0.25) is 0 Å². The van der Waals surface area contributed by atoms with E-state index in [1.165, 1.54) is 0 Å². The van der Waals surface area contributed by atoms with Gasteiger partial charge in [0.15, 0.2) is 6.61 Å². The first-order valence-corrected chi connectivity index (χ1v) is 10.5. The average molecular weight is 445 g/mol. The molecule has 3 aromatic rings. The molecule has 0 aliphatic carbocycles. The van der Waals surface area contributed by atoms with E-state index in [2.05, 4.69) is 5.32 Å². The minimum absolute atomic E-state index is 0.278. The molecule has 4 rings (SSSR count). The summed E-state index contributed by atoms with van der Waals surface area (Å²) in [7, 11) is 0. The van der Waals surface area contributed by atoms with E-state index in [-0.39, 0.29) is 11.6 Å². The molecule has 0 radical (unpaired) electrons. The predicted octanol–water partition coefficient (Wildman–Crippen LogP) is 3.60. The lowest BCUT2D eigenvalue weighted by Crippen LogP contribution is -2.63. The number of ketones is 1. The maximum Gasteiger partial charge on any atom is 0.419 e. The summed E-state index contributed by atoms with van der Waals surface area (Å²) < 4.78 is 16.1. The zero-order valence-corrected chi connectivity index (χ0v) is 18.0. The number of cyclic esters (lactones) is 2. The number of hydrogen-bond acceptors (Lipinski definition) is 7. The number of nitrogens with one attached hydrogen (secondary N) is 1. The van der Waals surface area contributed by atoms with E-state index in [4.69, 9.17) is 14.2 Å². The minimum atomic E-state index is -1.84. The first-order valence-electron chi connectivity index (χ1n) is 10.5. The highest BCUT2D eigenvalue weighted by atomic mass is 16.7. The van der Waals surface area contributed by atoms with Crippen LogP contribution >= 0.6 is 0 Å². The molecule has 7 nitrogen and oxygen atoms in total. The molecule has 3 aromatic carbocycles. The number of benzene rings is 3. The van der Waals surface area contributed by atoms with Gasteiger partial charge < -0.3 is 14.2 Å². The first kappa shape index (κ1) is 22.2. The van der Waals surface area contributed by atoms with Crippen molar-refractivity contribution >= 4 is 17.7 Å². The van der Waals surface area contributed by atoms with E-state index >= 15 is 0 Å². The van der Waals surface area contributed by atoms with Crippen LogP contribution in [0, 0.1) is 0 Å². The van der Waals surface area contributed by atoms with Crippen molar-refractivity contribution in [2.75, 3.05) is 6.61 Å². The monoisotopic (exact) mass is 445 g/mol. The predicted molar refractivity (Wildman–Crippen MR) is 119 cm³/mol. The summed E-state index contributed by atoms with van der Waals surface area (Å²) in [5, 5.41) is 3.06. The van der Waals surface area contributed by atoms with Crippen LogP contribution in [0.25, 0.3) is 0 Å². The standard InChI is InChI=1S/C26H23NO6/c1-18(20-10-6-3-7-11-20)27-26(17-32-24(29)25(30)33-26)23(28)21-12-14-22(15-13-21)31-16-19-8-4-2-5-9-19/h2-15,18,27H,16-17H2,1H3/t18-,26-/m1/s1. The van der Waals surface area contributed by atoms with Crippen LogP contribution in [0.15, 0.2) is 84.9 Å². The molecule has 1 heterocycles. The van der Waals surface area contributed by atoms with E-state index in [9.17, 15) is 14.4 Å². The van der Waals surface area contributed by atoms with Crippen molar-refractivity contribution < 1.29 is 28.6 Å². The van der Waals surface area contributed by atoms with Crippen LogP contribution in [-0.4, -0.2) is 30.1 Å². The summed E-state index contributed by atoms with van der Waals surface area (Å²) >= 11 is 0. The van der Waals surface area contributed by atoms with Crippen LogP contribution in [-0.2, 0) is 25.7 Å².